The number of H-pyrrole nitrogens is 1. The zero-order valence-electron chi connectivity index (χ0n) is 13.7. The third-order valence-electron chi connectivity index (χ3n) is 4.28. The van der Waals surface area contributed by atoms with Crippen LogP contribution in [-0.2, 0) is 6.54 Å². The first-order chi connectivity index (χ1) is 12.6. The van der Waals surface area contributed by atoms with Crippen LogP contribution in [0.2, 0.25) is 0 Å². The van der Waals surface area contributed by atoms with Gasteiger partial charge in [0.15, 0.2) is 0 Å². The third kappa shape index (κ3) is 2.95. The van der Waals surface area contributed by atoms with Gasteiger partial charge in [-0.15, -0.1) is 11.3 Å². The maximum atomic E-state index is 12.3. The molecule has 0 fully saturated rings. The summed E-state index contributed by atoms with van der Waals surface area (Å²) in [5.74, 6) is -0.366. The van der Waals surface area contributed by atoms with Gasteiger partial charge in [-0.1, -0.05) is 36.4 Å². The molecule has 0 spiro atoms. The fourth-order valence-electron chi connectivity index (χ4n) is 2.98. The first-order valence-corrected chi connectivity index (χ1v) is 8.97. The van der Waals surface area contributed by atoms with Crippen LogP contribution in [0.25, 0.3) is 0 Å². The van der Waals surface area contributed by atoms with Crippen molar-refractivity contribution in [3.8, 4) is 5.88 Å². The summed E-state index contributed by atoms with van der Waals surface area (Å²) in [4.78, 5) is 27.9. The minimum Gasteiger partial charge on any atom is -0.494 e. The lowest BCUT2D eigenvalue weighted by Gasteiger charge is -2.11. The lowest BCUT2D eigenvalue weighted by atomic mass is 10.1. The lowest BCUT2D eigenvalue weighted by molar-refractivity contribution is 0.408. The average molecular weight is 368 g/mol. The topological polar surface area (TPSA) is 99.5 Å². The number of hydrogen-bond acceptors (Lipinski definition) is 6. The number of aromatic hydroxyl groups is 1. The minimum atomic E-state index is -0.651. The maximum absolute atomic E-state index is 12.3. The molecule has 4 rings (SSSR count). The van der Waals surface area contributed by atoms with Crippen LogP contribution in [0.5, 0.6) is 5.88 Å². The Morgan fingerprint density at radius 1 is 1.19 bits per heavy atom. The summed E-state index contributed by atoms with van der Waals surface area (Å²) in [7, 11) is 0. The van der Waals surface area contributed by atoms with Crippen molar-refractivity contribution in [3.05, 3.63) is 84.7 Å². The van der Waals surface area contributed by atoms with Crippen LogP contribution < -0.4 is 16.7 Å². The molecule has 3 N–H and O–H groups in total. The summed E-state index contributed by atoms with van der Waals surface area (Å²) >= 11 is 1.59. The van der Waals surface area contributed by atoms with Crippen LogP contribution in [-0.4, -0.2) is 20.4 Å². The molecule has 0 amide bonds. The normalized spacial score (nSPS) is 16.3. The molecule has 8 heteroatoms. The lowest BCUT2D eigenvalue weighted by Crippen LogP contribution is -2.34. The molecule has 7 nitrogen and oxygen atoms in total. The zero-order chi connectivity index (χ0) is 18.1. The number of aromatic nitrogens is 2. The third-order valence-corrected chi connectivity index (χ3v) is 5.27. The Bertz CT molecular complexity index is 1070. The molecule has 0 saturated carbocycles. The van der Waals surface area contributed by atoms with Crippen LogP contribution in [0.3, 0.4) is 0 Å². The number of nitrogens with one attached hydrogen (secondary N) is 2. The molecule has 0 aliphatic carbocycles. The van der Waals surface area contributed by atoms with Crippen molar-refractivity contribution in [2.45, 2.75) is 19.0 Å². The number of nitrogens with zero attached hydrogens (tertiary/aromatic N) is 2. The van der Waals surface area contributed by atoms with Crippen LogP contribution in [0.15, 0.2) is 62.5 Å². The van der Waals surface area contributed by atoms with Crippen LogP contribution in [0, 0.1) is 0 Å². The summed E-state index contributed by atoms with van der Waals surface area (Å²) < 4.78 is 1.15. The van der Waals surface area contributed by atoms with E-state index in [1.807, 2.05) is 47.8 Å². The second-order valence-electron chi connectivity index (χ2n) is 5.99. The van der Waals surface area contributed by atoms with Crippen molar-refractivity contribution in [1.29, 1.82) is 0 Å². The Morgan fingerprint density at radius 2 is 2.00 bits per heavy atom. The highest BCUT2D eigenvalue weighted by molar-refractivity contribution is 7.10. The first-order valence-electron chi connectivity index (χ1n) is 8.09. The molecule has 0 unspecified atom stereocenters. The fourth-order valence-corrected chi connectivity index (χ4v) is 3.76. The summed E-state index contributed by atoms with van der Waals surface area (Å²) in [6, 6.07) is 13.1. The van der Waals surface area contributed by atoms with Gasteiger partial charge >= 0.3 is 5.69 Å². The summed E-state index contributed by atoms with van der Waals surface area (Å²) in [6.07, 6.45) is 0.459. The molecule has 1 aliphatic rings. The number of hydrogen-bond donors (Lipinski definition) is 3. The quantitative estimate of drug-likeness (QED) is 0.654. The van der Waals surface area contributed by atoms with Crippen LogP contribution in [0.1, 0.15) is 28.5 Å². The van der Waals surface area contributed by atoms with Gasteiger partial charge in [0.05, 0.1) is 18.3 Å². The average Bonchev–Trinajstić information content (AvgIpc) is 3.31. The van der Waals surface area contributed by atoms with E-state index in [0.717, 1.165) is 15.0 Å². The van der Waals surface area contributed by atoms with E-state index >= 15 is 0 Å². The number of benzene rings is 1. The number of hydrazone groups is 1. The highest BCUT2D eigenvalue weighted by Crippen LogP contribution is 2.28. The van der Waals surface area contributed by atoms with Gasteiger partial charge in [0, 0.05) is 11.3 Å². The van der Waals surface area contributed by atoms with Crippen molar-refractivity contribution in [1.82, 2.24) is 15.0 Å². The molecule has 0 radical (unpaired) electrons. The van der Waals surface area contributed by atoms with E-state index in [0.29, 0.717) is 12.1 Å². The van der Waals surface area contributed by atoms with Crippen molar-refractivity contribution >= 4 is 17.0 Å². The molecule has 132 valence electrons. The Morgan fingerprint density at radius 3 is 2.73 bits per heavy atom. The van der Waals surface area contributed by atoms with E-state index in [-0.39, 0.29) is 24.0 Å². The SMILES string of the molecule is O=c1[nH]c(=O)n(Cc2ccccc2)c(O)c1C1=NN[C@@H](c2cccs2)C1. The van der Waals surface area contributed by atoms with Crippen molar-refractivity contribution in [2.24, 2.45) is 5.10 Å². The maximum Gasteiger partial charge on any atom is 0.331 e. The van der Waals surface area contributed by atoms with Crippen LogP contribution >= 0.6 is 11.3 Å². The minimum absolute atomic E-state index is 0.0343. The van der Waals surface area contributed by atoms with Gasteiger partial charge in [-0.2, -0.15) is 5.10 Å². The smallest absolute Gasteiger partial charge is 0.331 e. The predicted molar refractivity (Wildman–Crippen MR) is 99.9 cm³/mol. The molecule has 0 saturated heterocycles. The molecule has 3 heterocycles. The molecule has 2 aromatic heterocycles. The van der Waals surface area contributed by atoms with Crippen LogP contribution in [0.4, 0.5) is 0 Å². The van der Waals surface area contributed by atoms with Gasteiger partial charge in [0.25, 0.3) is 5.56 Å². The molecule has 3 aromatic rings. The Hall–Kier alpha value is -3.13. The highest BCUT2D eigenvalue weighted by atomic mass is 32.1. The van der Waals surface area contributed by atoms with E-state index < -0.39 is 11.2 Å². The zero-order valence-corrected chi connectivity index (χ0v) is 14.5. The van der Waals surface area contributed by atoms with Gasteiger partial charge in [-0.25, -0.2) is 4.79 Å². The van der Waals surface area contributed by atoms with E-state index in [9.17, 15) is 14.7 Å². The molecule has 26 heavy (non-hydrogen) atoms. The molecule has 1 atom stereocenters. The van der Waals surface area contributed by atoms with Gasteiger partial charge < -0.3 is 10.5 Å². The monoisotopic (exact) mass is 368 g/mol. The summed E-state index contributed by atoms with van der Waals surface area (Å²) in [5, 5.41) is 16.8. The molecule has 1 aromatic carbocycles. The Balaban J connectivity index is 1.70. The second-order valence-corrected chi connectivity index (χ2v) is 6.97. The molecular formula is C18H16N4O3S. The summed E-state index contributed by atoms with van der Waals surface area (Å²) in [6.45, 7) is 0.157. The first kappa shape index (κ1) is 16.3. The highest BCUT2D eigenvalue weighted by Gasteiger charge is 2.27. The fraction of sp³-hybridized carbons (Fsp3) is 0.167. The molecule has 1 aliphatic heterocycles. The number of thiophene rings is 1. The molecule has 0 bridgehead atoms. The number of rotatable bonds is 4. The second kappa shape index (κ2) is 6.64. The Kier molecular flexibility index (Phi) is 4.18. The predicted octanol–water partition coefficient (Wildman–Crippen LogP) is 1.79. The number of aromatic amines is 1. The van der Waals surface area contributed by atoms with E-state index in [1.165, 1.54) is 0 Å². The van der Waals surface area contributed by atoms with Crippen molar-refractivity contribution in [3.63, 3.8) is 0 Å². The Labute approximate surface area is 152 Å². The van der Waals surface area contributed by atoms with Crippen molar-refractivity contribution < 1.29 is 5.11 Å². The molecular weight excluding hydrogens is 352 g/mol. The van der Waals surface area contributed by atoms with E-state index in [2.05, 4.69) is 15.5 Å². The largest absolute Gasteiger partial charge is 0.494 e. The van der Waals surface area contributed by atoms with Gasteiger partial charge in [0.2, 0.25) is 5.88 Å². The summed E-state index contributed by atoms with van der Waals surface area (Å²) in [5.41, 5.74) is 3.01. The van der Waals surface area contributed by atoms with Gasteiger partial charge in [-0.05, 0) is 17.0 Å². The van der Waals surface area contributed by atoms with Gasteiger partial charge in [0.1, 0.15) is 5.56 Å². The van der Waals surface area contributed by atoms with E-state index in [1.54, 1.807) is 11.3 Å². The van der Waals surface area contributed by atoms with E-state index in [4.69, 9.17) is 0 Å². The van der Waals surface area contributed by atoms with Crippen molar-refractivity contribution in [2.75, 3.05) is 0 Å². The standard InChI is InChI=1S/C18H16N4O3S/c23-16-15(13-9-12(20-21-13)14-7-4-8-26-14)17(24)22(18(25)19-16)10-11-5-2-1-3-6-11/h1-8,12,20,24H,9-10H2,(H,19,23,25)/t12-/m1/s1. The van der Waals surface area contributed by atoms with Gasteiger partial charge in [-0.3, -0.25) is 14.3 Å².